The van der Waals surface area contributed by atoms with Crippen molar-refractivity contribution in [2.45, 2.75) is 11.3 Å². The van der Waals surface area contributed by atoms with Crippen LogP contribution in [0.5, 0.6) is 5.75 Å². The van der Waals surface area contributed by atoms with Gasteiger partial charge in [0.05, 0.1) is 30.4 Å². The second-order valence-corrected chi connectivity index (χ2v) is 9.15. The molecule has 0 aliphatic carbocycles. The number of benzene rings is 3. The van der Waals surface area contributed by atoms with Gasteiger partial charge >= 0.3 is 0 Å². The standard InChI is InChI=1S/C24H22N2O5S/c1-26(19-8-4-3-5-9-19)32(28,29)21-10-6-7-18(14-21)25-24(27)13-17-16-31-23-15-20(30-2)11-12-22(17)23/h3-12,14-16H,13H2,1-2H3,(H,25,27). The van der Waals surface area contributed by atoms with Crippen molar-refractivity contribution in [1.29, 1.82) is 0 Å². The zero-order valence-corrected chi connectivity index (χ0v) is 18.4. The summed E-state index contributed by atoms with van der Waals surface area (Å²) in [7, 11) is -0.712. The molecule has 0 unspecified atom stereocenters. The van der Waals surface area contributed by atoms with E-state index in [0.717, 1.165) is 10.9 Å². The molecular weight excluding hydrogens is 428 g/mol. The number of sulfonamides is 1. The zero-order chi connectivity index (χ0) is 22.7. The van der Waals surface area contributed by atoms with Crippen LogP contribution in [0, 0.1) is 0 Å². The van der Waals surface area contributed by atoms with Crippen molar-refractivity contribution >= 4 is 38.3 Å². The van der Waals surface area contributed by atoms with Crippen LogP contribution in [0.25, 0.3) is 11.0 Å². The first kappa shape index (κ1) is 21.5. The predicted octanol–water partition coefficient (Wildman–Crippen LogP) is 4.45. The number of nitrogens with zero attached hydrogens (tertiary/aromatic N) is 1. The number of rotatable bonds is 7. The molecule has 32 heavy (non-hydrogen) atoms. The molecule has 0 spiro atoms. The van der Waals surface area contributed by atoms with Gasteiger partial charge in [0, 0.05) is 29.8 Å². The zero-order valence-electron chi connectivity index (χ0n) is 17.6. The Morgan fingerprint density at radius 3 is 2.56 bits per heavy atom. The van der Waals surface area contributed by atoms with Gasteiger partial charge in [-0.3, -0.25) is 9.10 Å². The summed E-state index contributed by atoms with van der Waals surface area (Å²) in [5, 5.41) is 3.59. The van der Waals surface area contributed by atoms with Gasteiger partial charge in [-0.25, -0.2) is 8.42 Å². The maximum absolute atomic E-state index is 13.0. The van der Waals surface area contributed by atoms with E-state index in [4.69, 9.17) is 9.15 Å². The van der Waals surface area contributed by atoms with Crippen molar-refractivity contribution in [2.24, 2.45) is 0 Å². The number of anilines is 2. The van der Waals surface area contributed by atoms with E-state index < -0.39 is 10.0 Å². The molecule has 1 aromatic heterocycles. The van der Waals surface area contributed by atoms with E-state index in [2.05, 4.69) is 5.32 Å². The first-order chi connectivity index (χ1) is 15.4. The number of para-hydroxylation sites is 1. The van der Waals surface area contributed by atoms with E-state index >= 15 is 0 Å². The molecule has 0 bridgehead atoms. The Bertz CT molecular complexity index is 1360. The summed E-state index contributed by atoms with van der Waals surface area (Å²) in [6.07, 6.45) is 1.62. The molecule has 0 saturated carbocycles. The monoisotopic (exact) mass is 450 g/mol. The van der Waals surface area contributed by atoms with Gasteiger partial charge in [-0.05, 0) is 42.5 Å². The highest BCUT2D eigenvalue weighted by Crippen LogP contribution is 2.27. The van der Waals surface area contributed by atoms with Crippen molar-refractivity contribution in [2.75, 3.05) is 23.8 Å². The van der Waals surface area contributed by atoms with E-state index in [1.165, 1.54) is 23.5 Å². The van der Waals surface area contributed by atoms with E-state index in [1.807, 2.05) is 12.1 Å². The minimum absolute atomic E-state index is 0.0836. The third-order valence-corrected chi connectivity index (χ3v) is 6.89. The molecule has 0 radical (unpaired) electrons. The molecule has 8 heteroatoms. The number of ether oxygens (including phenoxy) is 1. The summed E-state index contributed by atoms with van der Waals surface area (Å²) in [5.41, 5.74) is 2.30. The van der Waals surface area contributed by atoms with Crippen molar-refractivity contribution in [3.05, 3.63) is 84.6 Å². The fraction of sp³-hybridized carbons (Fsp3) is 0.125. The highest BCUT2D eigenvalue weighted by Gasteiger charge is 2.22. The number of fused-ring (bicyclic) bond motifs is 1. The molecule has 0 aliphatic heterocycles. The van der Waals surface area contributed by atoms with Crippen molar-refractivity contribution in [3.63, 3.8) is 0 Å². The topological polar surface area (TPSA) is 88.8 Å². The maximum atomic E-state index is 13.0. The van der Waals surface area contributed by atoms with Gasteiger partial charge in [-0.15, -0.1) is 0 Å². The Morgan fingerprint density at radius 2 is 1.81 bits per heavy atom. The Balaban J connectivity index is 1.51. The average Bonchev–Trinajstić information content (AvgIpc) is 3.20. The molecular formula is C24H22N2O5S. The third kappa shape index (κ3) is 4.31. The normalized spacial score (nSPS) is 11.3. The number of hydrogen-bond donors (Lipinski definition) is 1. The van der Waals surface area contributed by atoms with Crippen LogP contribution >= 0.6 is 0 Å². The molecule has 0 atom stereocenters. The third-order valence-electron chi connectivity index (χ3n) is 5.11. The van der Waals surface area contributed by atoms with E-state index in [1.54, 1.807) is 61.9 Å². The van der Waals surface area contributed by atoms with Crippen LogP contribution in [0.4, 0.5) is 11.4 Å². The van der Waals surface area contributed by atoms with Crippen molar-refractivity contribution in [3.8, 4) is 5.75 Å². The van der Waals surface area contributed by atoms with Crippen molar-refractivity contribution < 1.29 is 22.4 Å². The second kappa shape index (κ2) is 8.76. The van der Waals surface area contributed by atoms with Gasteiger partial charge in [-0.1, -0.05) is 24.3 Å². The number of hydrogen-bond acceptors (Lipinski definition) is 5. The molecule has 1 heterocycles. The summed E-state index contributed by atoms with van der Waals surface area (Å²) < 4.78 is 38.0. The van der Waals surface area contributed by atoms with Crippen molar-refractivity contribution in [1.82, 2.24) is 0 Å². The number of nitrogens with one attached hydrogen (secondary N) is 1. The van der Waals surface area contributed by atoms with Gasteiger partial charge in [0.2, 0.25) is 5.91 Å². The number of carbonyl (C=O) groups excluding carboxylic acids is 1. The Labute approximate surface area is 186 Å². The predicted molar refractivity (Wildman–Crippen MR) is 124 cm³/mol. The highest BCUT2D eigenvalue weighted by atomic mass is 32.2. The van der Waals surface area contributed by atoms with Crippen LogP contribution in [0.15, 0.2) is 88.4 Å². The van der Waals surface area contributed by atoms with Crippen LogP contribution in [0.1, 0.15) is 5.56 Å². The fourth-order valence-corrected chi connectivity index (χ4v) is 4.62. The smallest absolute Gasteiger partial charge is 0.264 e. The average molecular weight is 451 g/mol. The van der Waals surface area contributed by atoms with Crippen LogP contribution < -0.4 is 14.4 Å². The summed E-state index contributed by atoms with van der Waals surface area (Å²) in [6.45, 7) is 0. The second-order valence-electron chi connectivity index (χ2n) is 7.18. The molecule has 0 fully saturated rings. The Hall–Kier alpha value is -3.78. The molecule has 4 rings (SSSR count). The minimum atomic E-state index is -3.78. The lowest BCUT2D eigenvalue weighted by Crippen LogP contribution is -2.26. The molecule has 0 aliphatic rings. The molecule has 1 amide bonds. The molecule has 164 valence electrons. The molecule has 3 aromatic carbocycles. The van der Waals surface area contributed by atoms with E-state index in [-0.39, 0.29) is 17.2 Å². The minimum Gasteiger partial charge on any atom is -0.497 e. The summed E-state index contributed by atoms with van der Waals surface area (Å²) in [5.74, 6) is 0.385. The number of furan rings is 1. The molecule has 7 nitrogen and oxygen atoms in total. The first-order valence-electron chi connectivity index (χ1n) is 9.86. The number of carbonyl (C=O) groups is 1. The summed E-state index contributed by atoms with van der Waals surface area (Å²) >= 11 is 0. The lowest BCUT2D eigenvalue weighted by Gasteiger charge is -2.19. The van der Waals surface area contributed by atoms with Gasteiger partial charge < -0.3 is 14.5 Å². The number of amides is 1. The van der Waals surface area contributed by atoms with Crippen LogP contribution in [0.3, 0.4) is 0 Å². The van der Waals surface area contributed by atoms with Gasteiger partial charge in [-0.2, -0.15) is 0 Å². The maximum Gasteiger partial charge on any atom is 0.264 e. The van der Waals surface area contributed by atoms with Crippen LogP contribution in [-0.2, 0) is 21.2 Å². The first-order valence-corrected chi connectivity index (χ1v) is 11.3. The highest BCUT2D eigenvalue weighted by molar-refractivity contribution is 7.92. The van der Waals surface area contributed by atoms with Gasteiger partial charge in [0.15, 0.2) is 0 Å². The van der Waals surface area contributed by atoms with E-state index in [0.29, 0.717) is 22.7 Å². The SMILES string of the molecule is COc1ccc2c(CC(=O)Nc3cccc(S(=O)(=O)N(C)c4ccccc4)c3)coc2c1. The summed E-state index contributed by atoms with van der Waals surface area (Å²) in [6, 6.07) is 20.4. The molecule has 0 saturated heterocycles. The van der Waals surface area contributed by atoms with Gasteiger partial charge in [0.1, 0.15) is 11.3 Å². The quantitative estimate of drug-likeness (QED) is 0.449. The Kier molecular flexibility index (Phi) is 5.87. The summed E-state index contributed by atoms with van der Waals surface area (Å²) in [4.78, 5) is 12.7. The lowest BCUT2D eigenvalue weighted by atomic mass is 10.1. The molecule has 4 aromatic rings. The fourth-order valence-electron chi connectivity index (χ4n) is 3.37. The number of methoxy groups -OCH3 is 1. The lowest BCUT2D eigenvalue weighted by molar-refractivity contribution is -0.115. The van der Waals surface area contributed by atoms with Gasteiger partial charge in [0.25, 0.3) is 10.0 Å². The van der Waals surface area contributed by atoms with Crippen LogP contribution in [0.2, 0.25) is 0 Å². The Morgan fingerprint density at radius 1 is 1.03 bits per heavy atom. The molecule has 1 N–H and O–H groups in total. The van der Waals surface area contributed by atoms with E-state index in [9.17, 15) is 13.2 Å². The largest absolute Gasteiger partial charge is 0.497 e. The van der Waals surface area contributed by atoms with Crippen LogP contribution in [-0.4, -0.2) is 28.5 Å².